The monoisotopic (exact) mass is 292 g/mol. The zero-order valence-corrected chi connectivity index (χ0v) is 12.0. The summed E-state index contributed by atoms with van der Waals surface area (Å²) in [4.78, 5) is 12.0. The van der Waals surface area contributed by atoms with E-state index in [4.69, 9.17) is 0 Å². The molecule has 5 heteroatoms. The third-order valence-electron chi connectivity index (χ3n) is 4.60. The van der Waals surface area contributed by atoms with Gasteiger partial charge in [0, 0.05) is 6.54 Å². The van der Waals surface area contributed by atoms with Crippen LogP contribution in [-0.2, 0) is 6.42 Å². The number of aryl methyl sites for hydroxylation is 1. The molecule has 0 radical (unpaired) electrons. The number of carbonyl (C=O) groups excluding carboxylic acids is 1. The molecule has 1 atom stereocenters. The van der Waals surface area contributed by atoms with Gasteiger partial charge in [-0.15, -0.1) is 0 Å². The highest BCUT2D eigenvalue weighted by molar-refractivity contribution is 5.74. The Morgan fingerprint density at radius 2 is 2.14 bits per heavy atom. The number of aliphatic hydroxyl groups is 1. The van der Waals surface area contributed by atoms with Crippen molar-refractivity contribution in [3.63, 3.8) is 0 Å². The molecule has 0 saturated heterocycles. The summed E-state index contributed by atoms with van der Waals surface area (Å²) in [5, 5.41) is 15.9. The zero-order chi connectivity index (χ0) is 14.9. The van der Waals surface area contributed by atoms with Crippen LogP contribution in [-0.4, -0.2) is 23.3 Å². The van der Waals surface area contributed by atoms with Crippen molar-refractivity contribution in [2.24, 2.45) is 0 Å². The molecule has 2 amide bonds. The van der Waals surface area contributed by atoms with Crippen molar-refractivity contribution in [2.45, 2.75) is 50.2 Å². The van der Waals surface area contributed by atoms with Gasteiger partial charge in [-0.3, -0.25) is 0 Å². The fourth-order valence-corrected chi connectivity index (χ4v) is 3.40. The molecule has 1 saturated carbocycles. The average Bonchev–Trinajstić information content (AvgIpc) is 3.04. The second kappa shape index (κ2) is 5.64. The van der Waals surface area contributed by atoms with Crippen molar-refractivity contribution < 1.29 is 14.3 Å². The van der Waals surface area contributed by atoms with Crippen LogP contribution in [0, 0.1) is 5.82 Å². The topological polar surface area (TPSA) is 61.4 Å². The summed E-state index contributed by atoms with van der Waals surface area (Å²) in [5.74, 6) is -0.234. The SMILES string of the molecule is O=C(NCC1(O)CCCC1)NC1CCc2cc(F)ccc21. The molecule has 3 rings (SSSR count). The Bertz CT molecular complexity index is 541. The smallest absolute Gasteiger partial charge is 0.315 e. The number of hydrogen-bond acceptors (Lipinski definition) is 2. The Labute approximate surface area is 123 Å². The number of fused-ring (bicyclic) bond motifs is 1. The lowest BCUT2D eigenvalue weighted by molar-refractivity contribution is 0.0500. The molecule has 1 fully saturated rings. The first kappa shape index (κ1) is 14.3. The van der Waals surface area contributed by atoms with E-state index in [1.165, 1.54) is 12.1 Å². The maximum atomic E-state index is 13.2. The van der Waals surface area contributed by atoms with Gasteiger partial charge < -0.3 is 15.7 Å². The molecule has 0 aromatic heterocycles. The first-order chi connectivity index (χ1) is 10.1. The first-order valence-electron chi connectivity index (χ1n) is 7.61. The molecule has 0 heterocycles. The lowest BCUT2D eigenvalue weighted by atomic mass is 10.0. The Hall–Kier alpha value is -1.62. The molecule has 21 heavy (non-hydrogen) atoms. The first-order valence-corrected chi connectivity index (χ1v) is 7.61. The van der Waals surface area contributed by atoms with Crippen molar-refractivity contribution in [2.75, 3.05) is 6.54 Å². The maximum absolute atomic E-state index is 13.2. The molecule has 3 N–H and O–H groups in total. The number of hydrogen-bond donors (Lipinski definition) is 3. The van der Waals surface area contributed by atoms with Crippen LogP contribution < -0.4 is 10.6 Å². The van der Waals surface area contributed by atoms with E-state index in [-0.39, 0.29) is 17.9 Å². The molecule has 2 aliphatic carbocycles. The highest BCUT2D eigenvalue weighted by atomic mass is 19.1. The van der Waals surface area contributed by atoms with Gasteiger partial charge in [0.15, 0.2) is 0 Å². The van der Waals surface area contributed by atoms with Crippen LogP contribution in [0.2, 0.25) is 0 Å². The summed E-state index contributed by atoms with van der Waals surface area (Å²) in [6.45, 7) is 0.293. The predicted molar refractivity (Wildman–Crippen MR) is 77.4 cm³/mol. The van der Waals surface area contributed by atoms with E-state index < -0.39 is 5.60 Å². The summed E-state index contributed by atoms with van der Waals surface area (Å²) in [5.41, 5.74) is 1.22. The van der Waals surface area contributed by atoms with Crippen molar-refractivity contribution in [1.29, 1.82) is 0 Å². The molecule has 2 aliphatic rings. The number of benzene rings is 1. The quantitative estimate of drug-likeness (QED) is 0.801. The largest absolute Gasteiger partial charge is 0.388 e. The third kappa shape index (κ3) is 3.18. The minimum absolute atomic E-state index is 0.0705. The predicted octanol–water partition coefficient (Wildman–Crippen LogP) is 2.42. The minimum atomic E-state index is -0.742. The van der Waals surface area contributed by atoms with E-state index in [0.29, 0.717) is 6.54 Å². The molecule has 114 valence electrons. The van der Waals surface area contributed by atoms with Crippen LogP contribution in [0.1, 0.15) is 49.3 Å². The molecule has 0 aliphatic heterocycles. The van der Waals surface area contributed by atoms with Crippen molar-refractivity contribution in [3.05, 3.63) is 35.1 Å². The van der Waals surface area contributed by atoms with E-state index in [1.54, 1.807) is 6.07 Å². The van der Waals surface area contributed by atoms with E-state index in [0.717, 1.165) is 49.7 Å². The fraction of sp³-hybridized carbons (Fsp3) is 0.562. The summed E-state index contributed by atoms with van der Waals surface area (Å²) in [6, 6.07) is 4.37. The van der Waals surface area contributed by atoms with E-state index in [2.05, 4.69) is 10.6 Å². The van der Waals surface area contributed by atoms with Crippen LogP contribution in [0.3, 0.4) is 0 Å². The Morgan fingerprint density at radius 3 is 2.90 bits per heavy atom. The van der Waals surface area contributed by atoms with Crippen LogP contribution in [0.15, 0.2) is 18.2 Å². The Kier molecular flexibility index (Phi) is 3.85. The number of urea groups is 1. The van der Waals surface area contributed by atoms with Gasteiger partial charge in [0.05, 0.1) is 11.6 Å². The Morgan fingerprint density at radius 1 is 1.38 bits per heavy atom. The number of carbonyl (C=O) groups is 1. The molecule has 0 bridgehead atoms. The summed E-state index contributed by atoms with van der Waals surface area (Å²) >= 11 is 0. The van der Waals surface area contributed by atoms with Crippen molar-refractivity contribution >= 4 is 6.03 Å². The summed E-state index contributed by atoms with van der Waals surface area (Å²) in [6.07, 6.45) is 5.10. The number of halogens is 1. The molecule has 1 unspecified atom stereocenters. The second-order valence-electron chi connectivity index (χ2n) is 6.19. The molecular weight excluding hydrogens is 271 g/mol. The fourth-order valence-electron chi connectivity index (χ4n) is 3.40. The van der Waals surface area contributed by atoms with Crippen molar-refractivity contribution in [3.8, 4) is 0 Å². The number of rotatable bonds is 3. The highest BCUT2D eigenvalue weighted by Gasteiger charge is 2.32. The molecule has 1 aromatic rings. The standard InChI is InChI=1S/C16H21FN2O2/c17-12-4-5-13-11(9-12)3-6-14(13)19-15(20)18-10-16(21)7-1-2-8-16/h4-5,9,14,21H,1-3,6-8,10H2,(H2,18,19,20). The highest BCUT2D eigenvalue weighted by Crippen LogP contribution is 2.31. The second-order valence-corrected chi connectivity index (χ2v) is 6.19. The zero-order valence-electron chi connectivity index (χ0n) is 12.0. The van der Waals surface area contributed by atoms with E-state index in [1.807, 2.05) is 0 Å². The maximum Gasteiger partial charge on any atom is 0.315 e. The van der Waals surface area contributed by atoms with E-state index >= 15 is 0 Å². The van der Waals surface area contributed by atoms with Gasteiger partial charge in [0.25, 0.3) is 0 Å². The van der Waals surface area contributed by atoms with Gasteiger partial charge in [-0.2, -0.15) is 0 Å². The minimum Gasteiger partial charge on any atom is -0.388 e. The van der Waals surface area contributed by atoms with Crippen LogP contribution in [0.4, 0.5) is 9.18 Å². The van der Waals surface area contributed by atoms with Gasteiger partial charge in [-0.25, -0.2) is 9.18 Å². The summed E-state index contributed by atoms with van der Waals surface area (Å²) < 4.78 is 13.2. The normalized spacial score (nSPS) is 22.9. The molecule has 1 aromatic carbocycles. The summed E-state index contributed by atoms with van der Waals surface area (Å²) in [7, 11) is 0. The van der Waals surface area contributed by atoms with Gasteiger partial charge in [-0.05, 0) is 48.9 Å². The number of amides is 2. The molecular formula is C16H21FN2O2. The molecule has 0 spiro atoms. The molecule has 4 nitrogen and oxygen atoms in total. The van der Waals surface area contributed by atoms with Crippen LogP contribution in [0.5, 0.6) is 0 Å². The van der Waals surface area contributed by atoms with Crippen LogP contribution in [0.25, 0.3) is 0 Å². The van der Waals surface area contributed by atoms with Gasteiger partial charge >= 0.3 is 6.03 Å². The van der Waals surface area contributed by atoms with E-state index in [9.17, 15) is 14.3 Å². The van der Waals surface area contributed by atoms with Crippen molar-refractivity contribution in [1.82, 2.24) is 10.6 Å². The lowest BCUT2D eigenvalue weighted by Crippen LogP contribution is -2.45. The van der Waals surface area contributed by atoms with Crippen LogP contribution >= 0.6 is 0 Å². The number of nitrogens with one attached hydrogen (secondary N) is 2. The average molecular weight is 292 g/mol. The Balaban J connectivity index is 1.54. The third-order valence-corrected chi connectivity index (χ3v) is 4.60. The lowest BCUT2D eigenvalue weighted by Gasteiger charge is -2.23. The van der Waals surface area contributed by atoms with Gasteiger partial charge in [0.1, 0.15) is 5.82 Å². The van der Waals surface area contributed by atoms with Gasteiger partial charge in [0.2, 0.25) is 0 Å². The van der Waals surface area contributed by atoms with Gasteiger partial charge in [-0.1, -0.05) is 18.9 Å².